The predicted octanol–water partition coefficient (Wildman–Crippen LogP) is 16.7. The molecule has 2 heteroatoms. The van der Waals surface area contributed by atoms with Crippen molar-refractivity contribution in [3.8, 4) is 72.4 Å². The van der Waals surface area contributed by atoms with Crippen LogP contribution in [0.5, 0.6) is 0 Å². The minimum atomic E-state index is 0.893. The van der Waals surface area contributed by atoms with Gasteiger partial charge >= 0.3 is 0 Å². The molecule has 0 aliphatic carbocycles. The van der Waals surface area contributed by atoms with Crippen LogP contribution in [0.25, 0.3) is 116 Å². The Morgan fingerprint density at radius 2 is 0.677 bits per heavy atom. The zero-order valence-electron chi connectivity index (χ0n) is 33.9. The molecule has 0 saturated carbocycles. The van der Waals surface area contributed by atoms with Gasteiger partial charge < -0.3 is 8.98 Å². The Kier molecular flexibility index (Phi) is 8.53. The van der Waals surface area contributed by atoms with Gasteiger partial charge in [0.2, 0.25) is 0 Å². The summed E-state index contributed by atoms with van der Waals surface area (Å²) in [6, 6.07) is 85.3. The molecule has 62 heavy (non-hydrogen) atoms. The second kappa shape index (κ2) is 14.8. The molecule has 0 fully saturated rings. The number of benzene rings is 10. The van der Waals surface area contributed by atoms with Crippen LogP contribution in [0, 0.1) is 0 Å². The maximum Gasteiger partial charge on any atom is 0.143 e. The van der Waals surface area contributed by atoms with Crippen LogP contribution in [-0.4, -0.2) is 4.57 Å². The molecule has 2 aromatic heterocycles. The Hall–Kier alpha value is -8.20. The van der Waals surface area contributed by atoms with Crippen LogP contribution in [0.3, 0.4) is 0 Å². The first-order valence-electron chi connectivity index (χ1n) is 21.2. The molecule has 0 atom stereocenters. The summed E-state index contributed by atoms with van der Waals surface area (Å²) in [5.41, 5.74) is 19.1. The van der Waals surface area contributed by atoms with Gasteiger partial charge in [-0.15, -0.1) is 0 Å². The second-order valence-electron chi connectivity index (χ2n) is 16.1. The van der Waals surface area contributed by atoms with E-state index in [0.717, 1.165) is 72.1 Å². The van der Waals surface area contributed by atoms with Gasteiger partial charge in [-0.3, -0.25) is 0 Å². The Morgan fingerprint density at radius 3 is 1.35 bits per heavy atom. The number of para-hydroxylation sites is 3. The van der Waals surface area contributed by atoms with E-state index in [1.54, 1.807) is 0 Å². The zero-order chi connectivity index (χ0) is 41.0. The predicted molar refractivity (Wildman–Crippen MR) is 261 cm³/mol. The van der Waals surface area contributed by atoms with Crippen LogP contribution in [0.2, 0.25) is 0 Å². The molecule has 0 N–H and O–H groups in total. The van der Waals surface area contributed by atoms with E-state index >= 15 is 0 Å². The summed E-state index contributed by atoms with van der Waals surface area (Å²) in [4.78, 5) is 0. The highest BCUT2D eigenvalue weighted by Gasteiger charge is 2.19. The molecular formula is C60H39NO. The third kappa shape index (κ3) is 6.12. The van der Waals surface area contributed by atoms with Crippen molar-refractivity contribution in [2.75, 3.05) is 0 Å². The molecule has 0 aliphatic heterocycles. The van der Waals surface area contributed by atoms with E-state index in [2.05, 4.69) is 241 Å². The summed E-state index contributed by atoms with van der Waals surface area (Å²) in [6.45, 7) is 0. The number of hydrogen-bond acceptors (Lipinski definition) is 1. The smallest absolute Gasteiger partial charge is 0.143 e. The van der Waals surface area contributed by atoms with E-state index < -0.39 is 0 Å². The number of hydrogen-bond donors (Lipinski definition) is 0. The van der Waals surface area contributed by atoms with Gasteiger partial charge in [-0.25, -0.2) is 0 Å². The summed E-state index contributed by atoms with van der Waals surface area (Å²) in [5.74, 6) is 0. The molecule has 2 nitrogen and oxygen atoms in total. The summed E-state index contributed by atoms with van der Waals surface area (Å²) < 4.78 is 9.37. The van der Waals surface area contributed by atoms with Gasteiger partial charge in [0.25, 0.3) is 0 Å². The van der Waals surface area contributed by atoms with Crippen molar-refractivity contribution in [2.24, 2.45) is 0 Å². The minimum absolute atomic E-state index is 0.893. The summed E-state index contributed by atoms with van der Waals surface area (Å²) in [6.07, 6.45) is 0. The van der Waals surface area contributed by atoms with Crippen molar-refractivity contribution in [2.45, 2.75) is 0 Å². The fraction of sp³-hybridized carbons (Fsp3) is 0. The first kappa shape index (κ1) is 35.7. The first-order valence-corrected chi connectivity index (χ1v) is 21.2. The quantitative estimate of drug-likeness (QED) is 0.157. The van der Waals surface area contributed by atoms with Gasteiger partial charge in [0.05, 0.1) is 11.0 Å². The molecule has 0 radical (unpaired) electrons. The number of rotatable bonds is 7. The SMILES string of the molecule is c1ccc(-c2ccc(-c3cc(-c4ccc5c(c4)c4ccccc4n5-c4cccc(-c5ccccc5)c4)cc(-c4cccc5c4oc4c(-c6ccccc6)cccc45)c3)cc2)cc1. The molecule has 0 saturated heterocycles. The largest absolute Gasteiger partial charge is 0.455 e. The van der Waals surface area contributed by atoms with Crippen LogP contribution in [-0.2, 0) is 0 Å². The Bertz CT molecular complexity index is 3600. The lowest BCUT2D eigenvalue weighted by molar-refractivity contribution is 0.671. The van der Waals surface area contributed by atoms with Crippen LogP contribution < -0.4 is 0 Å². The standard InChI is InChI=1S/C60H39NO/c1-4-15-40(16-5-1)42-29-31-43(32-30-42)47-35-48(37-49(36-47)52-25-14-27-55-54-26-13-24-51(59(54)62-60(52)55)44-19-8-3-9-20-44)46-33-34-58-56(39-46)53-23-10-11-28-57(53)61(58)50-22-12-21-45(38-50)41-17-6-2-7-18-41/h1-39H. The number of aromatic nitrogens is 1. The highest BCUT2D eigenvalue weighted by Crippen LogP contribution is 2.43. The minimum Gasteiger partial charge on any atom is -0.455 e. The van der Waals surface area contributed by atoms with Gasteiger partial charge in [-0.05, 0) is 104 Å². The molecule has 12 aromatic rings. The van der Waals surface area contributed by atoms with Gasteiger partial charge in [-0.2, -0.15) is 0 Å². The van der Waals surface area contributed by atoms with E-state index in [-0.39, 0.29) is 0 Å². The first-order chi connectivity index (χ1) is 30.7. The van der Waals surface area contributed by atoms with Gasteiger partial charge in [0, 0.05) is 38.4 Å². The van der Waals surface area contributed by atoms with E-state index in [4.69, 9.17) is 4.42 Å². The third-order valence-electron chi connectivity index (χ3n) is 12.4. The van der Waals surface area contributed by atoms with Crippen molar-refractivity contribution < 1.29 is 4.42 Å². The molecule has 2 heterocycles. The number of nitrogens with zero attached hydrogens (tertiary/aromatic N) is 1. The van der Waals surface area contributed by atoms with Crippen molar-refractivity contribution in [3.63, 3.8) is 0 Å². The lowest BCUT2D eigenvalue weighted by Crippen LogP contribution is -1.94. The van der Waals surface area contributed by atoms with Crippen molar-refractivity contribution in [1.29, 1.82) is 0 Å². The van der Waals surface area contributed by atoms with Gasteiger partial charge in [-0.1, -0.05) is 188 Å². The Morgan fingerprint density at radius 1 is 0.242 bits per heavy atom. The van der Waals surface area contributed by atoms with Crippen molar-refractivity contribution in [3.05, 3.63) is 237 Å². The average Bonchev–Trinajstić information content (AvgIpc) is 3.91. The lowest BCUT2D eigenvalue weighted by atomic mass is 9.91. The molecule has 0 amide bonds. The normalized spacial score (nSPS) is 11.5. The Labute approximate surface area is 360 Å². The molecule has 0 spiro atoms. The number of fused-ring (bicyclic) bond motifs is 6. The summed E-state index contributed by atoms with van der Waals surface area (Å²) in [7, 11) is 0. The highest BCUT2D eigenvalue weighted by molar-refractivity contribution is 6.14. The maximum absolute atomic E-state index is 6.96. The van der Waals surface area contributed by atoms with Crippen LogP contribution >= 0.6 is 0 Å². The zero-order valence-corrected chi connectivity index (χ0v) is 33.9. The van der Waals surface area contributed by atoms with E-state index in [1.165, 1.54) is 44.1 Å². The monoisotopic (exact) mass is 789 g/mol. The van der Waals surface area contributed by atoms with Crippen LogP contribution in [0.4, 0.5) is 0 Å². The second-order valence-corrected chi connectivity index (χ2v) is 16.1. The van der Waals surface area contributed by atoms with Crippen molar-refractivity contribution >= 4 is 43.7 Å². The molecule has 290 valence electrons. The van der Waals surface area contributed by atoms with Crippen LogP contribution in [0.15, 0.2) is 241 Å². The molecular weight excluding hydrogens is 751 g/mol. The molecule has 10 aromatic carbocycles. The maximum atomic E-state index is 6.96. The highest BCUT2D eigenvalue weighted by atomic mass is 16.3. The van der Waals surface area contributed by atoms with Gasteiger partial charge in [0.1, 0.15) is 11.2 Å². The number of furan rings is 1. The van der Waals surface area contributed by atoms with Gasteiger partial charge in [0.15, 0.2) is 0 Å². The Balaban J connectivity index is 1.04. The van der Waals surface area contributed by atoms with E-state index in [9.17, 15) is 0 Å². The fourth-order valence-corrected chi connectivity index (χ4v) is 9.38. The lowest BCUT2D eigenvalue weighted by Gasteiger charge is -2.13. The third-order valence-corrected chi connectivity index (χ3v) is 12.4. The molecule has 0 bridgehead atoms. The topological polar surface area (TPSA) is 18.1 Å². The van der Waals surface area contributed by atoms with E-state index in [1.807, 2.05) is 0 Å². The van der Waals surface area contributed by atoms with E-state index in [0.29, 0.717) is 0 Å². The fourth-order valence-electron chi connectivity index (χ4n) is 9.38. The molecule has 12 rings (SSSR count). The average molecular weight is 790 g/mol. The van der Waals surface area contributed by atoms with Crippen molar-refractivity contribution in [1.82, 2.24) is 4.57 Å². The van der Waals surface area contributed by atoms with Crippen LogP contribution in [0.1, 0.15) is 0 Å². The molecule has 0 aliphatic rings. The summed E-state index contributed by atoms with van der Waals surface area (Å²) in [5, 5.41) is 4.67. The molecule has 0 unspecified atom stereocenters. The summed E-state index contributed by atoms with van der Waals surface area (Å²) >= 11 is 0.